The van der Waals surface area contributed by atoms with Gasteiger partial charge in [0.15, 0.2) is 0 Å². The van der Waals surface area contributed by atoms with Gasteiger partial charge < -0.3 is 15.1 Å². The Morgan fingerprint density at radius 3 is 2.39 bits per heavy atom. The molecule has 1 saturated heterocycles. The first-order valence-electron chi connectivity index (χ1n) is 8.99. The maximum Gasteiger partial charge on any atom is 0.255 e. The number of hydrogen-bond acceptors (Lipinski definition) is 6. The lowest BCUT2D eigenvalue weighted by atomic mass is 10.2. The normalized spacial score (nSPS) is 14.0. The Balaban J connectivity index is 1.42. The molecule has 1 fully saturated rings. The van der Waals surface area contributed by atoms with Crippen molar-refractivity contribution in [3.05, 3.63) is 71.6 Å². The Morgan fingerprint density at radius 1 is 0.893 bits per heavy atom. The topological polar surface area (TPSA) is 74.2 Å². The van der Waals surface area contributed by atoms with E-state index in [1.165, 1.54) is 0 Å². The highest BCUT2D eigenvalue weighted by Crippen LogP contribution is 2.19. The van der Waals surface area contributed by atoms with E-state index in [4.69, 9.17) is 11.6 Å². The van der Waals surface area contributed by atoms with Crippen LogP contribution in [0.2, 0.25) is 5.02 Å². The van der Waals surface area contributed by atoms with Gasteiger partial charge in [0, 0.05) is 61.0 Å². The molecule has 0 spiro atoms. The Hall–Kier alpha value is -3.19. The Morgan fingerprint density at radius 2 is 1.64 bits per heavy atom. The molecule has 142 valence electrons. The number of anilines is 3. The number of amides is 1. The van der Waals surface area contributed by atoms with E-state index in [1.54, 1.807) is 48.9 Å². The van der Waals surface area contributed by atoms with E-state index in [0.717, 1.165) is 37.9 Å². The largest absolute Gasteiger partial charge is 0.353 e. The number of piperazine rings is 1. The first-order valence-corrected chi connectivity index (χ1v) is 9.37. The lowest BCUT2D eigenvalue weighted by Crippen LogP contribution is -2.47. The molecule has 1 aromatic carbocycles. The first kappa shape index (κ1) is 18.2. The summed E-state index contributed by atoms with van der Waals surface area (Å²) in [5.41, 5.74) is 1.21. The fourth-order valence-corrected chi connectivity index (χ4v) is 3.28. The van der Waals surface area contributed by atoms with Gasteiger partial charge in [0.1, 0.15) is 5.82 Å². The standard InChI is InChI=1S/C20H19ClN6O/c21-16-3-1-4-17(14-16)25-19(28)15-5-8-22-18(13-15)26-9-11-27(12-10-26)20-23-6-2-7-24-20/h1-8,13-14H,9-12H2,(H,25,28). The van der Waals surface area contributed by atoms with Crippen molar-refractivity contribution < 1.29 is 4.79 Å². The monoisotopic (exact) mass is 394 g/mol. The van der Waals surface area contributed by atoms with Gasteiger partial charge in [-0.25, -0.2) is 15.0 Å². The van der Waals surface area contributed by atoms with E-state index < -0.39 is 0 Å². The number of benzene rings is 1. The molecule has 0 aliphatic carbocycles. The molecule has 0 radical (unpaired) electrons. The zero-order valence-corrected chi connectivity index (χ0v) is 15.9. The van der Waals surface area contributed by atoms with Crippen molar-refractivity contribution in [3.8, 4) is 0 Å². The first-order chi connectivity index (χ1) is 13.7. The molecule has 3 heterocycles. The minimum Gasteiger partial charge on any atom is -0.353 e. The molecule has 2 aromatic heterocycles. The molecule has 28 heavy (non-hydrogen) atoms. The van der Waals surface area contributed by atoms with Crippen molar-refractivity contribution in [2.45, 2.75) is 0 Å². The molecule has 1 aliphatic rings. The van der Waals surface area contributed by atoms with Gasteiger partial charge in [0.05, 0.1) is 0 Å². The molecule has 4 rings (SSSR count). The summed E-state index contributed by atoms with van der Waals surface area (Å²) in [7, 11) is 0. The third-order valence-electron chi connectivity index (χ3n) is 4.53. The van der Waals surface area contributed by atoms with Gasteiger partial charge in [0.2, 0.25) is 5.95 Å². The predicted octanol–water partition coefficient (Wildman–Crippen LogP) is 3.10. The zero-order valence-electron chi connectivity index (χ0n) is 15.1. The van der Waals surface area contributed by atoms with Crippen LogP contribution in [-0.2, 0) is 0 Å². The molecular weight excluding hydrogens is 376 g/mol. The summed E-state index contributed by atoms with van der Waals surface area (Å²) in [5, 5.41) is 3.44. The maximum atomic E-state index is 12.6. The number of pyridine rings is 1. The predicted molar refractivity (Wildman–Crippen MR) is 110 cm³/mol. The molecule has 0 saturated carbocycles. The van der Waals surface area contributed by atoms with Crippen molar-refractivity contribution in [1.82, 2.24) is 15.0 Å². The van der Waals surface area contributed by atoms with Crippen LogP contribution < -0.4 is 15.1 Å². The summed E-state index contributed by atoms with van der Waals surface area (Å²) in [6, 6.07) is 12.4. The maximum absolute atomic E-state index is 12.6. The third kappa shape index (κ3) is 4.20. The Kier molecular flexibility index (Phi) is 5.34. The lowest BCUT2D eigenvalue weighted by molar-refractivity contribution is 0.102. The van der Waals surface area contributed by atoms with E-state index in [9.17, 15) is 4.79 Å². The minimum absolute atomic E-state index is 0.192. The number of nitrogens with zero attached hydrogens (tertiary/aromatic N) is 5. The van der Waals surface area contributed by atoms with E-state index in [0.29, 0.717) is 16.3 Å². The molecule has 1 N–H and O–H groups in total. The van der Waals surface area contributed by atoms with Gasteiger partial charge in [-0.1, -0.05) is 17.7 Å². The van der Waals surface area contributed by atoms with Gasteiger partial charge in [0.25, 0.3) is 5.91 Å². The highest BCUT2D eigenvalue weighted by atomic mass is 35.5. The molecule has 0 unspecified atom stereocenters. The molecule has 1 aliphatic heterocycles. The summed E-state index contributed by atoms with van der Waals surface area (Å²) in [6.07, 6.45) is 5.16. The lowest BCUT2D eigenvalue weighted by Gasteiger charge is -2.35. The van der Waals surface area contributed by atoms with E-state index in [1.807, 2.05) is 12.1 Å². The van der Waals surface area contributed by atoms with Crippen molar-refractivity contribution in [1.29, 1.82) is 0 Å². The number of aromatic nitrogens is 3. The fourth-order valence-electron chi connectivity index (χ4n) is 3.09. The third-order valence-corrected chi connectivity index (χ3v) is 4.76. The van der Waals surface area contributed by atoms with Crippen LogP contribution in [-0.4, -0.2) is 47.0 Å². The summed E-state index contributed by atoms with van der Waals surface area (Å²) in [6.45, 7) is 3.16. The highest BCUT2D eigenvalue weighted by Gasteiger charge is 2.20. The summed E-state index contributed by atoms with van der Waals surface area (Å²) < 4.78 is 0. The van der Waals surface area contributed by atoms with Gasteiger partial charge in [-0.3, -0.25) is 4.79 Å². The molecule has 0 bridgehead atoms. The SMILES string of the molecule is O=C(Nc1cccc(Cl)c1)c1ccnc(N2CCN(c3ncccn3)CC2)c1. The van der Waals surface area contributed by atoms with Crippen LogP contribution in [0.3, 0.4) is 0 Å². The summed E-state index contributed by atoms with van der Waals surface area (Å²) >= 11 is 5.98. The number of halogens is 1. The second kappa shape index (κ2) is 8.22. The van der Waals surface area contributed by atoms with Crippen LogP contribution in [0.4, 0.5) is 17.5 Å². The van der Waals surface area contributed by atoms with Crippen LogP contribution >= 0.6 is 11.6 Å². The smallest absolute Gasteiger partial charge is 0.255 e. The average Bonchev–Trinajstić information content (AvgIpc) is 2.75. The molecule has 7 nitrogen and oxygen atoms in total. The Labute approximate surface area is 168 Å². The Bertz CT molecular complexity index is 960. The molecule has 8 heteroatoms. The molecule has 3 aromatic rings. The van der Waals surface area contributed by atoms with Crippen molar-refractivity contribution in [2.75, 3.05) is 41.3 Å². The number of carbonyl (C=O) groups excluding carboxylic acids is 1. The van der Waals surface area contributed by atoms with Crippen molar-refractivity contribution in [3.63, 3.8) is 0 Å². The zero-order chi connectivity index (χ0) is 19.3. The van der Waals surface area contributed by atoms with Gasteiger partial charge in [-0.05, 0) is 36.4 Å². The van der Waals surface area contributed by atoms with Crippen LogP contribution in [0.25, 0.3) is 0 Å². The fraction of sp³-hybridized carbons (Fsp3) is 0.200. The number of hydrogen-bond donors (Lipinski definition) is 1. The van der Waals surface area contributed by atoms with E-state index in [2.05, 4.69) is 30.1 Å². The van der Waals surface area contributed by atoms with Crippen molar-refractivity contribution >= 4 is 35.0 Å². The quantitative estimate of drug-likeness (QED) is 0.733. The second-order valence-corrected chi connectivity index (χ2v) is 6.83. The molecular formula is C20H19ClN6O. The number of nitrogens with one attached hydrogen (secondary N) is 1. The highest BCUT2D eigenvalue weighted by molar-refractivity contribution is 6.31. The van der Waals surface area contributed by atoms with E-state index >= 15 is 0 Å². The van der Waals surface area contributed by atoms with Crippen LogP contribution in [0, 0.1) is 0 Å². The van der Waals surface area contributed by atoms with Crippen LogP contribution in [0.1, 0.15) is 10.4 Å². The average molecular weight is 395 g/mol. The van der Waals surface area contributed by atoms with Gasteiger partial charge >= 0.3 is 0 Å². The van der Waals surface area contributed by atoms with Gasteiger partial charge in [-0.15, -0.1) is 0 Å². The summed E-state index contributed by atoms with van der Waals surface area (Å²) in [5.74, 6) is 1.33. The van der Waals surface area contributed by atoms with Crippen molar-refractivity contribution in [2.24, 2.45) is 0 Å². The molecule has 1 amide bonds. The minimum atomic E-state index is -0.192. The van der Waals surface area contributed by atoms with Crippen LogP contribution in [0.15, 0.2) is 61.1 Å². The molecule has 0 atom stereocenters. The summed E-state index contributed by atoms with van der Waals surface area (Å²) in [4.78, 5) is 29.9. The van der Waals surface area contributed by atoms with Crippen LogP contribution in [0.5, 0.6) is 0 Å². The van der Waals surface area contributed by atoms with Gasteiger partial charge in [-0.2, -0.15) is 0 Å². The number of rotatable bonds is 4. The second-order valence-electron chi connectivity index (χ2n) is 6.39. The number of carbonyl (C=O) groups is 1. The van der Waals surface area contributed by atoms with E-state index in [-0.39, 0.29) is 5.91 Å².